The zero-order valence-electron chi connectivity index (χ0n) is 11.9. The molecule has 0 spiro atoms. The van der Waals surface area contributed by atoms with Crippen LogP contribution in [-0.2, 0) is 12.8 Å². The van der Waals surface area contributed by atoms with Gasteiger partial charge in [-0.3, -0.25) is 0 Å². The number of nitrogens with two attached hydrogens (primary N) is 1. The molecule has 0 saturated heterocycles. The Bertz CT molecular complexity index is 862. The van der Waals surface area contributed by atoms with Gasteiger partial charge in [0.1, 0.15) is 18.0 Å². The van der Waals surface area contributed by atoms with Crippen LogP contribution < -0.4 is 11.1 Å². The summed E-state index contributed by atoms with van der Waals surface area (Å²) in [6.45, 7) is 0. The van der Waals surface area contributed by atoms with Gasteiger partial charge in [0.25, 0.3) is 0 Å². The van der Waals surface area contributed by atoms with Crippen LogP contribution in [0.5, 0.6) is 0 Å². The Labute approximate surface area is 127 Å². The lowest BCUT2D eigenvalue weighted by Gasteiger charge is -2.14. The third-order valence-corrected chi connectivity index (χ3v) is 4.10. The number of halogens is 1. The number of hydrogen-bond acceptors (Lipinski definition) is 4. The molecule has 1 aliphatic carbocycles. The minimum atomic E-state index is -0.291. The van der Waals surface area contributed by atoms with Gasteiger partial charge in [-0.15, -0.1) is 0 Å². The Hall–Kier alpha value is -2.69. The second-order valence-corrected chi connectivity index (χ2v) is 5.66. The van der Waals surface area contributed by atoms with Crippen molar-refractivity contribution in [3.05, 3.63) is 59.7 Å². The number of aromatic nitrogens is 2. The first-order valence-electron chi connectivity index (χ1n) is 7.23. The van der Waals surface area contributed by atoms with Gasteiger partial charge in [-0.1, -0.05) is 6.07 Å². The molecule has 1 aliphatic rings. The Morgan fingerprint density at radius 1 is 1.05 bits per heavy atom. The molecule has 1 heterocycles. The summed E-state index contributed by atoms with van der Waals surface area (Å²) in [5.74, 6) is 0.455. The fraction of sp³-hybridized carbons (Fsp3) is 0.176. The molecule has 0 amide bonds. The molecule has 4 nitrogen and oxygen atoms in total. The van der Waals surface area contributed by atoms with Crippen molar-refractivity contribution >= 4 is 22.4 Å². The van der Waals surface area contributed by atoms with E-state index in [2.05, 4.69) is 21.4 Å². The molecule has 0 aliphatic heterocycles. The van der Waals surface area contributed by atoms with Crippen LogP contribution in [0.2, 0.25) is 0 Å². The quantitative estimate of drug-likeness (QED) is 0.713. The van der Waals surface area contributed by atoms with Crippen molar-refractivity contribution in [2.24, 2.45) is 0 Å². The summed E-state index contributed by atoms with van der Waals surface area (Å²) < 4.78 is 13.3. The number of anilines is 2. The highest BCUT2D eigenvalue weighted by Gasteiger charge is 2.22. The number of rotatable bonds is 2. The van der Waals surface area contributed by atoms with Gasteiger partial charge in [-0.25, -0.2) is 14.4 Å². The molecule has 0 bridgehead atoms. The number of hydrogen-bond donors (Lipinski definition) is 2. The lowest BCUT2D eigenvalue weighted by Crippen LogP contribution is -2.20. The summed E-state index contributed by atoms with van der Waals surface area (Å²) in [7, 11) is 0. The van der Waals surface area contributed by atoms with Gasteiger partial charge >= 0.3 is 0 Å². The van der Waals surface area contributed by atoms with Crippen LogP contribution in [0.3, 0.4) is 0 Å². The van der Waals surface area contributed by atoms with Gasteiger partial charge in [-0.05, 0) is 48.2 Å². The fourth-order valence-electron chi connectivity index (χ4n) is 3.08. The average Bonchev–Trinajstić information content (AvgIpc) is 2.88. The molecule has 0 radical (unpaired) electrons. The van der Waals surface area contributed by atoms with Crippen LogP contribution >= 0.6 is 0 Å². The number of fused-ring (bicyclic) bond motifs is 2. The summed E-state index contributed by atoms with van der Waals surface area (Å²) in [5, 5.41) is 4.29. The summed E-state index contributed by atoms with van der Waals surface area (Å²) >= 11 is 0. The van der Waals surface area contributed by atoms with E-state index < -0.39 is 0 Å². The van der Waals surface area contributed by atoms with E-state index in [0.29, 0.717) is 5.52 Å². The first-order chi connectivity index (χ1) is 10.7. The molecule has 2 aromatic carbocycles. The molecule has 22 heavy (non-hydrogen) atoms. The van der Waals surface area contributed by atoms with Crippen LogP contribution in [0, 0.1) is 5.82 Å². The Morgan fingerprint density at radius 3 is 2.82 bits per heavy atom. The van der Waals surface area contributed by atoms with Crippen LogP contribution in [0.25, 0.3) is 10.9 Å². The van der Waals surface area contributed by atoms with Gasteiger partial charge in [-0.2, -0.15) is 0 Å². The number of nitrogens with zero attached hydrogens (tertiary/aromatic N) is 2. The second-order valence-electron chi connectivity index (χ2n) is 5.66. The van der Waals surface area contributed by atoms with E-state index in [9.17, 15) is 4.39 Å². The molecule has 3 N–H and O–H groups in total. The van der Waals surface area contributed by atoms with Crippen molar-refractivity contribution in [2.75, 3.05) is 11.1 Å². The molecule has 1 unspecified atom stereocenters. The standard InChI is InChI=1S/C17H15FN4/c18-12-2-4-15-16(8-12)20-9-21-17(15)22-14-6-10-1-3-13(19)5-11(10)7-14/h1-5,8-9,14H,6-7,19H2,(H,20,21,22). The first-order valence-corrected chi connectivity index (χ1v) is 7.23. The molecule has 5 heteroatoms. The van der Waals surface area contributed by atoms with Crippen molar-refractivity contribution in [3.8, 4) is 0 Å². The third kappa shape index (κ3) is 2.24. The van der Waals surface area contributed by atoms with E-state index in [0.717, 1.165) is 29.7 Å². The highest BCUT2D eigenvalue weighted by molar-refractivity contribution is 5.88. The maximum Gasteiger partial charge on any atom is 0.137 e. The number of benzene rings is 2. The highest BCUT2D eigenvalue weighted by atomic mass is 19.1. The van der Waals surface area contributed by atoms with Crippen LogP contribution in [0.4, 0.5) is 15.9 Å². The number of nitrogens with one attached hydrogen (secondary N) is 1. The van der Waals surface area contributed by atoms with E-state index in [4.69, 9.17) is 5.73 Å². The Balaban J connectivity index is 1.63. The first kappa shape index (κ1) is 13.0. The van der Waals surface area contributed by atoms with E-state index in [1.54, 1.807) is 6.07 Å². The summed E-state index contributed by atoms with van der Waals surface area (Å²) in [6, 6.07) is 10.9. The topological polar surface area (TPSA) is 63.8 Å². The van der Waals surface area contributed by atoms with Crippen LogP contribution in [0.1, 0.15) is 11.1 Å². The van der Waals surface area contributed by atoms with E-state index in [1.165, 1.54) is 29.6 Å². The van der Waals surface area contributed by atoms with Crippen LogP contribution in [0.15, 0.2) is 42.7 Å². The van der Waals surface area contributed by atoms with Gasteiger partial charge in [0.15, 0.2) is 0 Å². The molecule has 4 rings (SSSR count). The van der Waals surface area contributed by atoms with Gasteiger partial charge in [0, 0.05) is 23.2 Å². The minimum Gasteiger partial charge on any atom is -0.399 e. The van der Waals surface area contributed by atoms with E-state index >= 15 is 0 Å². The van der Waals surface area contributed by atoms with Gasteiger partial charge in [0.05, 0.1) is 5.52 Å². The molecule has 1 aromatic heterocycles. The Morgan fingerprint density at radius 2 is 1.91 bits per heavy atom. The molecule has 1 atom stereocenters. The predicted molar refractivity (Wildman–Crippen MR) is 85.2 cm³/mol. The van der Waals surface area contributed by atoms with Crippen molar-refractivity contribution in [3.63, 3.8) is 0 Å². The fourth-order valence-corrected chi connectivity index (χ4v) is 3.08. The van der Waals surface area contributed by atoms with Crippen molar-refractivity contribution in [1.29, 1.82) is 0 Å². The zero-order chi connectivity index (χ0) is 15.1. The van der Waals surface area contributed by atoms with Gasteiger partial charge < -0.3 is 11.1 Å². The van der Waals surface area contributed by atoms with E-state index in [1.807, 2.05) is 12.1 Å². The SMILES string of the molecule is Nc1ccc2c(c1)CC(Nc1ncnc3cc(F)ccc13)C2. The maximum atomic E-state index is 13.3. The molecule has 3 aromatic rings. The minimum absolute atomic E-state index is 0.264. The summed E-state index contributed by atoms with van der Waals surface area (Å²) in [6.07, 6.45) is 3.31. The van der Waals surface area contributed by atoms with Crippen molar-refractivity contribution in [1.82, 2.24) is 9.97 Å². The van der Waals surface area contributed by atoms with E-state index in [-0.39, 0.29) is 11.9 Å². The second kappa shape index (κ2) is 4.94. The van der Waals surface area contributed by atoms with Crippen LogP contribution in [-0.4, -0.2) is 16.0 Å². The lowest BCUT2D eigenvalue weighted by molar-refractivity contribution is 0.629. The monoisotopic (exact) mass is 294 g/mol. The van der Waals surface area contributed by atoms with Gasteiger partial charge in [0.2, 0.25) is 0 Å². The zero-order valence-corrected chi connectivity index (χ0v) is 11.9. The maximum absolute atomic E-state index is 13.3. The van der Waals surface area contributed by atoms with Crippen molar-refractivity contribution in [2.45, 2.75) is 18.9 Å². The molecule has 110 valence electrons. The molecular weight excluding hydrogens is 279 g/mol. The summed E-state index contributed by atoms with van der Waals surface area (Å²) in [4.78, 5) is 8.43. The normalized spacial score (nSPS) is 16.7. The predicted octanol–water partition coefficient (Wildman–Crippen LogP) is 2.93. The smallest absolute Gasteiger partial charge is 0.137 e. The highest BCUT2D eigenvalue weighted by Crippen LogP contribution is 2.28. The largest absolute Gasteiger partial charge is 0.399 e. The molecular formula is C17H15FN4. The Kier molecular flexibility index (Phi) is 2.92. The average molecular weight is 294 g/mol. The molecule has 0 fully saturated rings. The third-order valence-electron chi connectivity index (χ3n) is 4.10. The number of nitrogen functional groups attached to an aromatic ring is 1. The lowest BCUT2D eigenvalue weighted by atomic mass is 10.1. The summed E-state index contributed by atoms with van der Waals surface area (Å²) in [5.41, 5.74) is 9.84. The van der Waals surface area contributed by atoms with Crippen molar-refractivity contribution < 1.29 is 4.39 Å². The molecule has 0 saturated carbocycles.